The van der Waals surface area contributed by atoms with Gasteiger partial charge in [-0.25, -0.2) is 0 Å². The molecule has 1 aromatic carbocycles. The van der Waals surface area contributed by atoms with Crippen LogP contribution in [0.25, 0.3) is 0 Å². The average molecular weight is 176 g/mol. The average Bonchev–Trinajstić information content (AvgIpc) is 2.05. The first kappa shape index (κ1) is 10.3. The minimum atomic E-state index is 0.371. The topological polar surface area (TPSA) is 0 Å². The molecule has 0 aliphatic rings. The Balaban J connectivity index is 2.92. The Hall–Kier alpha value is -0.780. The van der Waals surface area contributed by atoms with E-state index in [1.165, 1.54) is 12.0 Å². The van der Waals surface area contributed by atoms with Crippen LogP contribution < -0.4 is 0 Å². The molecule has 0 nitrogen and oxygen atoms in total. The van der Waals surface area contributed by atoms with Crippen molar-refractivity contribution in [2.24, 2.45) is 5.41 Å². The molecule has 0 saturated heterocycles. The first-order valence-corrected chi connectivity index (χ1v) is 5.10. The number of hydrogen-bond donors (Lipinski definition) is 0. The lowest BCUT2D eigenvalue weighted by atomic mass is 9.75. The molecule has 0 heteroatoms. The highest BCUT2D eigenvalue weighted by molar-refractivity contribution is 5.21. The van der Waals surface area contributed by atoms with E-state index in [-0.39, 0.29) is 0 Å². The molecule has 1 aromatic rings. The van der Waals surface area contributed by atoms with E-state index in [4.69, 9.17) is 0 Å². The minimum absolute atomic E-state index is 0.371. The first-order chi connectivity index (χ1) is 6.05. The van der Waals surface area contributed by atoms with Crippen LogP contribution in [0.5, 0.6) is 0 Å². The first-order valence-electron chi connectivity index (χ1n) is 5.10. The Labute approximate surface area is 82.0 Å². The SMILES string of the molecule is CCC(c1ccccc1)C(C)(C)C. The lowest BCUT2D eigenvalue weighted by Crippen LogP contribution is -2.17. The number of rotatable bonds is 2. The molecule has 0 amide bonds. The molecule has 0 saturated carbocycles. The zero-order chi connectivity index (χ0) is 9.90. The quantitative estimate of drug-likeness (QED) is 0.632. The summed E-state index contributed by atoms with van der Waals surface area (Å²) in [6.07, 6.45) is 1.22. The molecule has 1 unspecified atom stereocenters. The summed E-state index contributed by atoms with van der Waals surface area (Å²) in [7, 11) is 0. The fourth-order valence-electron chi connectivity index (χ4n) is 2.03. The smallest absolute Gasteiger partial charge is 0.0116 e. The summed E-state index contributed by atoms with van der Waals surface area (Å²) >= 11 is 0. The molecule has 0 N–H and O–H groups in total. The van der Waals surface area contributed by atoms with Crippen molar-refractivity contribution in [2.45, 2.75) is 40.0 Å². The summed E-state index contributed by atoms with van der Waals surface area (Å²) in [6.45, 7) is 9.21. The van der Waals surface area contributed by atoms with Gasteiger partial charge < -0.3 is 0 Å². The maximum Gasteiger partial charge on any atom is -0.0116 e. The molecular weight excluding hydrogens is 156 g/mol. The molecule has 0 spiro atoms. The molecular formula is C13H20. The van der Waals surface area contributed by atoms with Crippen LogP contribution in [0.3, 0.4) is 0 Å². The number of hydrogen-bond acceptors (Lipinski definition) is 0. The Morgan fingerprint density at radius 1 is 1.08 bits per heavy atom. The summed E-state index contributed by atoms with van der Waals surface area (Å²) in [5.41, 5.74) is 1.84. The molecule has 1 atom stereocenters. The normalized spacial score (nSPS) is 14.2. The van der Waals surface area contributed by atoms with E-state index in [0.717, 1.165) is 0 Å². The third-order valence-electron chi connectivity index (χ3n) is 2.66. The largest absolute Gasteiger partial charge is 0.0648 e. The molecule has 13 heavy (non-hydrogen) atoms. The van der Waals surface area contributed by atoms with E-state index < -0.39 is 0 Å². The van der Waals surface area contributed by atoms with Gasteiger partial charge in [0.2, 0.25) is 0 Å². The zero-order valence-electron chi connectivity index (χ0n) is 9.17. The summed E-state index contributed by atoms with van der Waals surface area (Å²) in [5.74, 6) is 0.675. The molecule has 0 aliphatic heterocycles. The van der Waals surface area contributed by atoms with Crippen molar-refractivity contribution in [3.63, 3.8) is 0 Å². The summed E-state index contributed by atoms with van der Waals surface area (Å²) < 4.78 is 0. The van der Waals surface area contributed by atoms with Gasteiger partial charge in [-0.15, -0.1) is 0 Å². The summed E-state index contributed by atoms with van der Waals surface area (Å²) in [6, 6.07) is 10.8. The van der Waals surface area contributed by atoms with E-state index >= 15 is 0 Å². The third kappa shape index (κ3) is 2.58. The fourth-order valence-corrected chi connectivity index (χ4v) is 2.03. The van der Waals surface area contributed by atoms with E-state index in [9.17, 15) is 0 Å². The second kappa shape index (κ2) is 3.95. The van der Waals surface area contributed by atoms with Crippen LogP contribution in [0.15, 0.2) is 30.3 Å². The molecule has 0 heterocycles. The van der Waals surface area contributed by atoms with Gasteiger partial charge in [0.05, 0.1) is 0 Å². The van der Waals surface area contributed by atoms with Crippen LogP contribution in [-0.4, -0.2) is 0 Å². The Morgan fingerprint density at radius 2 is 1.62 bits per heavy atom. The van der Waals surface area contributed by atoms with Gasteiger partial charge in [0.1, 0.15) is 0 Å². The van der Waals surface area contributed by atoms with Crippen LogP contribution in [0.2, 0.25) is 0 Å². The van der Waals surface area contributed by atoms with Gasteiger partial charge in [-0.2, -0.15) is 0 Å². The highest BCUT2D eigenvalue weighted by Gasteiger charge is 2.23. The maximum atomic E-state index is 2.31. The molecule has 0 aliphatic carbocycles. The highest BCUT2D eigenvalue weighted by Crippen LogP contribution is 2.37. The van der Waals surface area contributed by atoms with Gasteiger partial charge in [0, 0.05) is 0 Å². The minimum Gasteiger partial charge on any atom is -0.0648 e. The van der Waals surface area contributed by atoms with E-state index in [2.05, 4.69) is 58.0 Å². The maximum absolute atomic E-state index is 2.31. The van der Waals surface area contributed by atoms with Gasteiger partial charge >= 0.3 is 0 Å². The molecule has 0 bridgehead atoms. The van der Waals surface area contributed by atoms with Crippen LogP contribution in [0, 0.1) is 5.41 Å². The zero-order valence-corrected chi connectivity index (χ0v) is 9.17. The Morgan fingerprint density at radius 3 is 2.00 bits per heavy atom. The predicted octanol–water partition coefficient (Wildman–Crippen LogP) is 4.23. The van der Waals surface area contributed by atoms with Crippen LogP contribution in [-0.2, 0) is 0 Å². The van der Waals surface area contributed by atoms with E-state index in [1.807, 2.05) is 0 Å². The Bertz CT molecular complexity index is 240. The van der Waals surface area contributed by atoms with E-state index in [0.29, 0.717) is 11.3 Å². The van der Waals surface area contributed by atoms with Gasteiger partial charge in [-0.3, -0.25) is 0 Å². The van der Waals surface area contributed by atoms with Crippen molar-refractivity contribution < 1.29 is 0 Å². The fraction of sp³-hybridized carbons (Fsp3) is 0.538. The molecule has 0 radical (unpaired) electrons. The van der Waals surface area contributed by atoms with Crippen molar-refractivity contribution in [3.8, 4) is 0 Å². The van der Waals surface area contributed by atoms with Crippen molar-refractivity contribution in [1.82, 2.24) is 0 Å². The summed E-state index contributed by atoms with van der Waals surface area (Å²) in [5, 5.41) is 0. The molecule has 1 rings (SSSR count). The van der Waals surface area contributed by atoms with Gasteiger partial charge in [-0.05, 0) is 23.3 Å². The third-order valence-corrected chi connectivity index (χ3v) is 2.66. The van der Waals surface area contributed by atoms with Gasteiger partial charge in [-0.1, -0.05) is 58.0 Å². The molecule has 0 fully saturated rings. The van der Waals surface area contributed by atoms with E-state index in [1.54, 1.807) is 0 Å². The predicted molar refractivity (Wildman–Crippen MR) is 58.9 cm³/mol. The van der Waals surface area contributed by atoms with Crippen LogP contribution in [0.4, 0.5) is 0 Å². The van der Waals surface area contributed by atoms with Crippen LogP contribution in [0.1, 0.15) is 45.6 Å². The molecule has 72 valence electrons. The standard InChI is InChI=1S/C13H20/c1-5-12(13(2,3)4)11-9-7-6-8-10-11/h6-10,12H,5H2,1-4H3. The lowest BCUT2D eigenvalue weighted by Gasteiger charge is -2.30. The van der Waals surface area contributed by atoms with Crippen LogP contribution >= 0.6 is 0 Å². The number of benzene rings is 1. The summed E-state index contributed by atoms with van der Waals surface area (Å²) in [4.78, 5) is 0. The van der Waals surface area contributed by atoms with Gasteiger partial charge in [0.15, 0.2) is 0 Å². The van der Waals surface area contributed by atoms with Crippen molar-refractivity contribution >= 4 is 0 Å². The van der Waals surface area contributed by atoms with Crippen molar-refractivity contribution in [1.29, 1.82) is 0 Å². The highest BCUT2D eigenvalue weighted by atomic mass is 14.3. The van der Waals surface area contributed by atoms with Gasteiger partial charge in [0.25, 0.3) is 0 Å². The Kier molecular flexibility index (Phi) is 3.13. The second-order valence-electron chi connectivity index (χ2n) is 4.74. The molecule has 0 aromatic heterocycles. The second-order valence-corrected chi connectivity index (χ2v) is 4.74. The van der Waals surface area contributed by atoms with Crippen molar-refractivity contribution in [2.75, 3.05) is 0 Å². The van der Waals surface area contributed by atoms with Crippen molar-refractivity contribution in [3.05, 3.63) is 35.9 Å². The monoisotopic (exact) mass is 176 g/mol. The lowest BCUT2D eigenvalue weighted by molar-refractivity contribution is 0.312.